The van der Waals surface area contributed by atoms with Crippen molar-refractivity contribution in [1.82, 2.24) is 4.90 Å². The van der Waals surface area contributed by atoms with Crippen LogP contribution in [0.3, 0.4) is 0 Å². The SMILES string of the molecule is COc1cc(C(=O)N(C)C/C(N)=N/O)ccc1F. The van der Waals surface area contributed by atoms with Crippen molar-refractivity contribution in [3.05, 3.63) is 29.6 Å². The summed E-state index contributed by atoms with van der Waals surface area (Å²) >= 11 is 0. The molecular weight excluding hydrogens is 241 g/mol. The average Bonchev–Trinajstić information content (AvgIpc) is 2.38. The molecular formula is C11H14FN3O3. The van der Waals surface area contributed by atoms with Crippen molar-refractivity contribution in [2.75, 3.05) is 20.7 Å². The molecule has 1 rings (SSSR count). The van der Waals surface area contributed by atoms with Gasteiger partial charge in [-0.25, -0.2) is 4.39 Å². The maximum absolute atomic E-state index is 13.2. The number of rotatable bonds is 4. The first kappa shape index (κ1) is 13.8. The Morgan fingerprint density at radius 2 is 2.28 bits per heavy atom. The highest BCUT2D eigenvalue weighted by Crippen LogP contribution is 2.18. The van der Waals surface area contributed by atoms with Crippen LogP contribution in [0, 0.1) is 5.82 Å². The summed E-state index contributed by atoms with van der Waals surface area (Å²) in [4.78, 5) is 13.2. The Hall–Kier alpha value is -2.31. The molecule has 0 aromatic heterocycles. The van der Waals surface area contributed by atoms with E-state index in [9.17, 15) is 9.18 Å². The number of amidine groups is 1. The predicted molar refractivity (Wildman–Crippen MR) is 63.3 cm³/mol. The van der Waals surface area contributed by atoms with E-state index < -0.39 is 5.82 Å². The average molecular weight is 255 g/mol. The van der Waals surface area contributed by atoms with Gasteiger partial charge in [0, 0.05) is 12.6 Å². The Kier molecular flexibility index (Phi) is 4.47. The van der Waals surface area contributed by atoms with Gasteiger partial charge in [0.25, 0.3) is 5.91 Å². The molecule has 7 heteroatoms. The summed E-state index contributed by atoms with van der Waals surface area (Å²) in [5, 5.41) is 11.2. The molecule has 0 aliphatic carbocycles. The van der Waals surface area contributed by atoms with Gasteiger partial charge in [-0.15, -0.1) is 0 Å². The number of ether oxygens (including phenoxy) is 1. The number of methoxy groups -OCH3 is 1. The molecule has 1 amide bonds. The minimum absolute atomic E-state index is 0.0157. The molecule has 6 nitrogen and oxygen atoms in total. The van der Waals surface area contributed by atoms with Crippen molar-refractivity contribution < 1.29 is 19.1 Å². The third-order valence-corrected chi connectivity index (χ3v) is 2.27. The molecule has 0 unspecified atom stereocenters. The van der Waals surface area contributed by atoms with Gasteiger partial charge in [0.05, 0.1) is 13.7 Å². The first-order valence-corrected chi connectivity index (χ1v) is 5.05. The minimum atomic E-state index is -0.548. The summed E-state index contributed by atoms with van der Waals surface area (Å²) in [6, 6.07) is 3.77. The van der Waals surface area contributed by atoms with Crippen LogP contribution in [0.25, 0.3) is 0 Å². The Morgan fingerprint density at radius 3 is 2.83 bits per heavy atom. The summed E-state index contributed by atoms with van der Waals surface area (Å²) < 4.78 is 18.0. The van der Waals surface area contributed by atoms with Crippen LogP contribution >= 0.6 is 0 Å². The van der Waals surface area contributed by atoms with Crippen molar-refractivity contribution in [1.29, 1.82) is 0 Å². The van der Waals surface area contributed by atoms with Crippen molar-refractivity contribution >= 4 is 11.7 Å². The quantitative estimate of drug-likeness (QED) is 0.358. The number of nitrogens with two attached hydrogens (primary N) is 1. The first-order valence-electron chi connectivity index (χ1n) is 5.05. The Morgan fingerprint density at radius 1 is 1.61 bits per heavy atom. The lowest BCUT2D eigenvalue weighted by Gasteiger charge is -2.16. The van der Waals surface area contributed by atoms with Crippen LogP contribution < -0.4 is 10.5 Å². The van der Waals surface area contributed by atoms with Crippen molar-refractivity contribution in [2.45, 2.75) is 0 Å². The first-order chi connectivity index (χ1) is 8.49. The van der Waals surface area contributed by atoms with Crippen molar-refractivity contribution in [2.24, 2.45) is 10.9 Å². The van der Waals surface area contributed by atoms with E-state index in [1.807, 2.05) is 0 Å². The number of halogens is 1. The van der Waals surface area contributed by atoms with Gasteiger partial charge in [-0.3, -0.25) is 4.79 Å². The van der Waals surface area contributed by atoms with Gasteiger partial charge in [0.1, 0.15) is 0 Å². The monoisotopic (exact) mass is 255 g/mol. The number of hydrogen-bond acceptors (Lipinski definition) is 4. The highest BCUT2D eigenvalue weighted by Gasteiger charge is 2.15. The smallest absolute Gasteiger partial charge is 0.254 e. The zero-order valence-corrected chi connectivity index (χ0v) is 10.1. The van der Waals surface area contributed by atoms with E-state index in [1.165, 1.54) is 31.2 Å². The summed E-state index contributed by atoms with van der Waals surface area (Å²) in [5.41, 5.74) is 5.54. The van der Waals surface area contributed by atoms with E-state index in [2.05, 4.69) is 5.16 Å². The number of carbonyl (C=O) groups is 1. The normalized spacial score (nSPS) is 11.2. The van der Waals surface area contributed by atoms with E-state index in [4.69, 9.17) is 15.7 Å². The zero-order valence-electron chi connectivity index (χ0n) is 10.1. The van der Waals surface area contributed by atoms with Crippen molar-refractivity contribution in [3.63, 3.8) is 0 Å². The fourth-order valence-corrected chi connectivity index (χ4v) is 1.36. The fourth-order valence-electron chi connectivity index (χ4n) is 1.36. The van der Waals surface area contributed by atoms with Gasteiger partial charge in [0.2, 0.25) is 0 Å². The maximum atomic E-state index is 13.2. The van der Waals surface area contributed by atoms with Gasteiger partial charge in [-0.05, 0) is 18.2 Å². The maximum Gasteiger partial charge on any atom is 0.254 e. The predicted octanol–water partition coefficient (Wildman–Crippen LogP) is 0.653. The molecule has 0 saturated carbocycles. The van der Waals surface area contributed by atoms with Gasteiger partial charge >= 0.3 is 0 Å². The molecule has 0 aliphatic rings. The second-order valence-corrected chi connectivity index (χ2v) is 3.60. The van der Waals surface area contributed by atoms with Crippen LogP contribution in [0.1, 0.15) is 10.4 Å². The lowest BCUT2D eigenvalue weighted by molar-refractivity contribution is 0.0813. The molecule has 0 heterocycles. The van der Waals surface area contributed by atoms with Gasteiger partial charge in [-0.1, -0.05) is 5.16 Å². The number of hydrogen-bond donors (Lipinski definition) is 2. The van der Waals surface area contributed by atoms with Crippen LogP contribution in [0.15, 0.2) is 23.4 Å². The van der Waals surface area contributed by atoms with E-state index in [-0.39, 0.29) is 29.6 Å². The Balaban J connectivity index is 2.90. The van der Waals surface area contributed by atoms with E-state index in [0.717, 1.165) is 6.07 Å². The Bertz CT molecular complexity index is 477. The number of oxime groups is 1. The standard InChI is InChI=1S/C11H14FN3O3/c1-15(6-10(13)14-17)11(16)7-3-4-8(12)9(5-7)18-2/h3-5,17H,6H2,1-2H3,(H2,13,14). The highest BCUT2D eigenvalue weighted by atomic mass is 19.1. The second kappa shape index (κ2) is 5.85. The summed E-state index contributed by atoms with van der Waals surface area (Å²) in [6.07, 6.45) is 0. The molecule has 98 valence electrons. The van der Waals surface area contributed by atoms with Crippen LogP contribution in [0.5, 0.6) is 5.75 Å². The molecule has 1 aromatic rings. The molecule has 0 fully saturated rings. The second-order valence-electron chi connectivity index (χ2n) is 3.60. The number of nitrogens with zero attached hydrogens (tertiary/aromatic N) is 2. The third kappa shape index (κ3) is 3.09. The van der Waals surface area contributed by atoms with Gasteiger partial charge in [-0.2, -0.15) is 0 Å². The molecule has 3 N–H and O–H groups in total. The lowest BCUT2D eigenvalue weighted by Crippen LogP contribution is -2.35. The minimum Gasteiger partial charge on any atom is -0.494 e. The number of amides is 1. The number of benzene rings is 1. The zero-order chi connectivity index (χ0) is 13.7. The molecule has 0 saturated heterocycles. The third-order valence-electron chi connectivity index (χ3n) is 2.27. The molecule has 0 atom stereocenters. The van der Waals surface area contributed by atoms with E-state index in [0.29, 0.717) is 0 Å². The van der Waals surface area contributed by atoms with Crippen LogP contribution in [0.4, 0.5) is 4.39 Å². The topological polar surface area (TPSA) is 88.2 Å². The lowest BCUT2D eigenvalue weighted by atomic mass is 10.2. The number of carbonyl (C=O) groups excluding carboxylic acids is 1. The summed E-state index contributed by atoms with van der Waals surface area (Å²) in [7, 11) is 2.79. The Labute approximate surface area is 103 Å². The molecule has 18 heavy (non-hydrogen) atoms. The van der Waals surface area contributed by atoms with Gasteiger partial charge < -0.3 is 20.6 Å². The van der Waals surface area contributed by atoms with Crippen LogP contribution in [-0.2, 0) is 0 Å². The van der Waals surface area contributed by atoms with Gasteiger partial charge in [0.15, 0.2) is 17.4 Å². The molecule has 0 aliphatic heterocycles. The van der Waals surface area contributed by atoms with Crippen LogP contribution in [0.2, 0.25) is 0 Å². The van der Waals surface area contributed by atoms with E-state index in [1.54, 1.807) is 0 Å². The molecule has 1 aromatic carbocycles. The summed E-state index contributed by atoms with van der Waals surface area (Å²) in [6.45, 7) is -0.0327. The number of likely N-dealkylation sites (N-methyl/N-ethyl adjacent to an activating group) is 1. The fraction of sp³-hybridized carbons (Fsp3) is 0.273. The molecule has 0 spiro atoms. The molecule has 0 radical (unpaired) electrons. The van der Waals surface area contributed by atoms with Crippen LogP contribution in [-0.4, -0.2) is 42.6 Å². The summed E-state index contributed by atoms with van der Waals surface area (Å²) in [5.74, 6) is -1.05. The highest BCUT2D eigenvalue weighted by molar-refractivity contribution is 5.97. The van der Waals surface area contributed by atoms with E-state index >= 15 is 0 Å². The molecule has 0 bridgehead atoms. The van der Waals surface area contributed by atoms with Crippen molar-refractivity contribution in [3.8, 4) is 5.75 Å². The largest absolute Gasteiger partial charge is 0.494 e.